The maximum atomic E-state index is 12.4. The summed E-state index contributed by atoms with van der Waals surface area (Å²) in [6, 6.07) is 5.30. The number of halogens is 1. The highest BCUT2D eigenvalue weighted by molar-refractivity contribution is 9.10. The zero-order chi connectivity index (χ0) is 14.8. The molecule has 0 saturated carbocycles. The minimum atomic E-state index is -0.230. The number of benzene rings is 1. The number of carbonyl (C=O) groups excluding carboxylic acids is 1. The summed E-state index contributed by atoms with van der Waals surface area (Å²) in [5.41, 5.74) is 0.382. The van der Waals surface area contributed by atoms with E-state index in [1.165, 1.54) is 16.0 Å². The summed E-state index contributed by atoms with van der Waals surface area (Å²) in [5, 5.41) is 1.82. The van der Waals surface area contributed by atoms with Crippen molar-refractivity contribution in [1.29, 1.82) is 0 Å². The van der Waals surface area contributed by atoms with Gasteiger partial charge in [0.05, 0.1) is 23.8 Å². The summed E-state index contributed by atoms with van der Waals surface area (Å²) < 4.78 is 2.12. The number of hydrogen-bond donors (Lipinski definition) is 0. The number of amides is 1. The summed E-state index contributed by atoms with van der Waals surface area (Å²) in [5.74, 6) is -0.229. The SMILES string of the molecule is O=C(Cn1cnc2ccc(Br)cc2c1=O)N1CCCCO1. The van der Waals surface area contributed by atoms with Crippen molar-refractivity contribution in [1.82, 2.24) is 14.6 Å². The van der Waals surface area contributed by atoms with Crippen molar-refractivity contribution >= 4 is 32.7 Å². The number of rotatable bonds is 2. The molecule has 0 unspecified atom stereocenters. The van der Waals surface area contributed by atoms with E-state index in [-0.39, 0.29) is 18.0 Å². The van der Waals surface area contributed by atoms with Gasteiger partial charge in [-0.15, -0.1) is 0 Å². The Bertz CT molecular complexity index is 738. The van der Waals surface area contributed by atoms with Crippen molar-refractivity contribution in [3.05, 3.63) is 39.4 Å². The molecule has 21 heavy (non-hydrogen) atoms. The first-order valence-electron chi connectivity index (χ1n) is 6.73. The molecule has 0 radical (unpaired) electrons. The van der Waals surface area contributed by atoms with Gasteiger partial charge < -0.3 is 0 Å². The molecule has 3 rings (SSSR count). The van der Waals surface area contributed by atoms with Gasteiger partial charge in [-0.3, -0.25) is 19.0 Å². The average molecular weight is 352 g/mol. The summed E-state index contributed by atoms with van der Waals surface area (Å²) in [4.78, 5) is 34.0. The maximum Gasteiger partial charge on any atom is 0.266 e. The van der Waals surface area contributed by atoms with Gasteiger partial charge in [-0.1, -0.05) is 15.9 Å². The monoisotopic (exact) mass is 351 g/mol. The van der Waals surface area contributed by atoms with Gasteiger partial charge in [0.1, 0.15) is 6.54 Å². The fraction of sp³-hybridized carbons (Fsp3) is 0.357. The predicted molar refractivity (Wildman–Crippen MR) is 80.6 cm³/mol. The van der Waals surface area contributed by atoms with E-state index in [0.717, 1.165) is 17.3 Å². The molecule has 1 saturated heterocycles. The van der Waals surface area contributed by atoms with Crippen molar-refractivity contribution < 1.29 is 9.63 Å². The second kappa shape index (κ2) is 5.95. The smallest absolute Gasteiger partial charge is 0.266 e. The Morgan fingerprint density at radius 1 is 1.38 bits per heavy atom. The summed E-state index contributed by atoms with van der Waals surface area (Å²) in [6.45, 7) is 1.05. The average Bonchev–Trinajstić information content (AvgIpc) is 2.51. The van der Waals surface area contributed by atoms with Crippen LogP contribution in [0.5, 0.6) is 0 Å². The molecule has 110 valence electrons. The number of fused-ring (bicyclic) bond motifs is 1. The third-order valence-corrected chi connectivity index (χ3v) is 3.87. The first-order valence-corrected chi connectivity index (χ1v) is 7.52. The fourth-order valence-corrected chi connectivity index (χ4v) is 2.62. The van der Waals surface area contributed by atoms with Gasteiger partial charge in [0.15, 0.2) is 0 Å². The van der Waals surface area contributed by atoms with Crippen LogP contribution in [0.15, 0.2) is 33.8 Å². The molecule has 2 heterocycles. The highest BCUT2D eigenvalue weighted by atomic mass is 79.9. The Labute approximate surface area is 129 Å². The zero-order valence-electron chi connectivity index (χ0n) is 11.3. The van der Waals surface area contributed by atoms with Gasteiger partial charge in [0, 0.05) is 11.0 Å². The molecule has 7 heteroatoms. The van der Waals surface area contributed by atoms with Crippen LogP contribution in [0.2, 0.25) is 0 Å². The van der Waals surface area contributed by atoms with Crippen LogP contribution in [-0.2, 0) is 16.2 Å². The van der Waals surface area contributed by atoms with Gasteiger partial charge in [-0.25, -0.2) is 10.0 Å². The van der Waals surface area contributed by atoms with Gasteiger partial charge in [-0.05, 0) is 31.0 Å². The largest absolute Gasteiger partial charge is 0.289 e. The molecule has 1 amide bonds. The van der Waals surface area contributed by atoms with Crippen LogP contribution in [0.3, 0.4) is 0 Å². The van der Waals surface area contributed by atoms with E-state index in [1.807, 2.05) is 6.07 Å². The van der Waals surface area contributed by atoms with Crippen LogP contribution in [-0.4, -0.2) is 33.7 Å². The molecule has 0 aliphatic carbocycles. The van der Waals surface area contributed by atoms with Crippen LogP contribution >= 0.6 is 15.9 Å². The summed E-state index contributed by atoms with van der Waals surface area (Å²) in [7, 11) is 0. The van der Waals surface area contributed by atoms with E-state index >= 15 is 0 Å². The van der Waals surface area contributed by atoms with Crippen molar-refractivity contribution in [2.45, 2.75) is 19.4 Å². The molecule has 0 spiro atoms. The lowest BCUT2D eigenvalue weighted by Crippen LogP contribution is -2.39. The van der Waals surface area contributed by atoms with E-state index in [9.17, 15) is 9.59 Å². The molecule has 1 aromatic carbocycles. The van der Waals surface area contributed by atoms with Crippen LogP contribution in [0, 0.1) is 0 Å². The topological polar surface area (TPSA) is 64.4 Å². The van der Waals surface area contributed by atoms with E-state index in [4.69, 9.17) is 4.84 Å². The minimum Gasteiger partial charge on any atom is -0.289 e. The van der Waals surface area contributed by atoms with Crippen molar-refractivity contribution in [3.63, 3.8) is 0 Å². The van der Waals surface area contributed by atoms with Crippen LogP contribution in [0.4, 0.5) is 0 Å². The molecule has 1 aromatic heterocycles. The molecule has 0 atom stereocenters. The Kier molecular flexibility index (Phi) is 4.03. The lowest BCUT2D eigenvalue weighted by molar-refractivity contribution is -0.197. The van der Waals surface area contributed by atoms with Gasteiger partial charge in [0.25, 0.3) is 11.5 Å². The molecule has 1 aliphatic heterocycles. The van der Waals surface area contributed by atoms with E-state index in [2.05, 4.69) is 20.9 Å². The number of hydroxylamine groups is 2. The van der Waals surface area contributed by atoms with E-state index < -0.39 is 0 Å². The number of hydrogen-bond acceptors (Lipinski definition) is 4. The highest BCUT2D eigenvalue weighted by Crippen LogP contribution is 2.15. The summed E-state index contributed by atoms with van der Waals surface area (Å²) >= 11 is 3.33. The molecule has 1 fully saturated rings. The Morgan fingerprint density at radius 3 is 3.00 bits per heavy atom. The predicted octanol–water partition coefficient (Wildman–Crippen LogP) is 1.71. The second-order valence-corrected chi connectivity index (χ2v) is 5.79. The van der Waals surface area contributed by atoms with Crippen LogP contribution < -0.4 is 5.56 Å². The van der Waals surface area contributed by atoms with Crippen LogP contribution in [0.1, 0.15) is 12.8 Å². The van der Waals surface area contributed by atoms with Crippen molar-refractivity contribution in [3.8, 4) is 0 Å². The van der Waals surface area contributed by atoms with Crippen molar-refractivity contribution in [2.24, 2.45) is 0 Å². The lowest BCUT2D eigenvalue weighted by Gasteiger charge is -2.25. The molecule has 0 N–H and O–H groups in total. The van der Waals surface area contributed by atoms with Gasteiger partial charge in [-0.2, -0.15) is 0 Å². The highest BCUT2D eigenvalue weighted by Gasteiger charge is 2.18. The van der Waals surface area contributed by atoms with E-state index in [1.54, 1.807) is 12.1 Å². The number of carbonyl (C=O) groups is 1. The Balaban J connectivity index is 1.88. The first kappa shape index (κ1) is 14.2. The lowest BCUT2D eigenvalue weighted by atomic mass is 10.2. The summed E-state index contributed by atoms with van der Waals surface area (Å²) in [6.07, 6.45) is 3.28. The minimum absolute atomic E-state index is 0.0612. The molecule has 6 nitrogen and oxygen atoms in total. The molecule has 1 aliphatic rings. The normalized spacial score (nSPS) is 15.4. The van der Waals surface area contributed by atoms with Gasteiger partial charge >= 0.3 is 0 Å². The van der Waals surface area contributed by atoms with Crippen molar-refractivity contribution in [2.75, 3.05) is 13.2 Å². The standard InChI is InChI=1S/C14H14BrN3O3/c15-10-3-4-12-11(7-10)14(20)17(9-16-12)8-13(19)18-5-1-2-6-21-18/h3-4,7,9H,1-2,5-6,8H2. The Hall–Kier alpha value is -1.73. The molecular formula is C14H14BrN3O3. The molecular weight excluding hydrogens is 338 g/mol. The fourth-order valence-electron chi connectivity index (χ4n) is 2.26. The zero-order valence-corrected chi connectivity index (χ0v) is 12.9. The molecule has 0 bridgehead atoms. The number of aromatic nitrogens is 2. The third-order valence-electron chi connectivity index (χ3n) is 3.37. The Morgan fingerprint density at radius 2 is 2.24 bits per heavy atom. The van der Waals surface area contributed by atoms with Crippen LogP contribution in [0.25, 0.3) is 10.9 Å². The third kappa shape index (κ3) is 2.98. The number of nitrogens with zero attached hydrogens (tertiary/aromatic N) is 3. The second-order valence-electron chi connectivity index (χ2n) is 4.88. The molecule has 2 aromatic rings. The maximum absolute atomic E-state index is 12.4. The quantitative estimate of drug-likeness (QED) is 0.826. The first-order chi connectivity index (χ1) is 10.1. The van der Waals surface area contributed by atoms with E-state index in [0.29, 0.717) is 24.1 Å². The van der Waals surface area contributed by atoms with Gasteiger partial charge in [0.2, 0.25) is 0 Å².